The van der Waals surface area contributed by atoms with Gasteiger partial charge in [0.2, 0.25) is 0 Å². The minimum absolute atomic E-state index is 0.232. The number of piperidine rings is 1. The van der Waals surface area contributed by atoms with Crippen LogP contribution in [-0.2, 0) is 17.6 Å². The molecule has 1 saturated heterocycles. The SMILES string of the molecule is C#CC.CC(C)(C)OC(=O)N1CCC(n2cc(Cc3ccc(O)cc3)cn2)CC1.OCCCCc1ccccc1. The van der Waals surface area contributed by atoms with E-state index in [9.17, 15) is 9.90 Å². The van der Waals surface area contributed by atoms with E-state index in [0.717, 1.165) is 49.7 Å². The first-order valence-corrected chi connectivity index (χ1v) is 14.0. The molecule has 1 fully saturated rings. The monoisotopic (exact) mass is 547 g/mol. The lowest BCUT2D eigenvalue weighted by Crippen LogP contribution is -2.42. The Labute approximate surface area is 239 Å². The number of carbonyl (C=O) groups is 1. The summed E-state index contributed by atoms with van der Waals surface area (Å²) in [5, 5.41) is 22.4. The maximum absolute atomic E-state index is 12.2. The molecule has 40 heavy (non-hydrogen) atoms. The van der Waals surface area contributed by atoms with E-state index in [1.165, 1.54) is 5.56 Å². The number of phenolic OH excluding ortho intramolecular Hbond substituents is 1. The maximum Gasteiger partial charge on any atom is 0.410 e. The van der Waals surface area contributed by atoms with Crippen LogP contribution in [0.25, 0.3) is 0 Å². The van der Waals surface area contributed by atoms with E-state index in [-0.39, 0.29) is 11.8 Å². The molecule has 0 aliphatic carbocycles. The predicted octanol–water partition coefficient (Wildman–Crippen LogP) is 6.39. The van der Waals surface area contributed by atoms with Crippen molar-refractivity contribution in [3.63, 3.8) is 0 Å². The summed E-state index contributed by atoms with van der Waals surface area (Å²) < 4.78 is 7.46. The Morgan fingerprint density at radius 2 is 1.65 bits per heavy atom. The van der Waals surface area contributed by atoms with E-state index in [1.807, 2.05) is 62.0 Å². The lowest BCUT2D eigenvalue weighted by atomic mass is 10.1. The van der Waals surface area contributed by atoms with Gasteiger partial charge >= 0.3 is 6.09 Å². The Kier molecular flexibility index (Phi) is 13.8. The van der Waals surface area contributed by atoms with Gasteiger partial charge in [0.15, 0.2) is 0 Å². The van der Waals surface area contributed by atoms with Crippen molar-refractivity contribution in [2.24, 2.45) is 0 Å². The molecule has 7 heteroatoms. The molecule has 216 valence electrons. The van der Waals surface area contributed by atoms with Crippen LogP contribution < -0.4 is 0 Å². The highest BCUT2D eigenvalue weighted by Gasteiger charge is 2.27. The average molecular weight is 548 g/mol. The number of nitrogens with zero attached hydrogens (tertiary/aromatic N) is 3. The number of benzene rings is 2. The number of unbranched alkanes of at least 4 members (excludes halogenated alkanes) is 1. The third-order valence-corrected chi connectivity index (χ3v) is 6.21. The van der Waals surface area contributed by atoms with Gasteiger partial charge in [-0.3, -0.25) is 4.68 Å². The van der Waals surface area contributed by atoms with Crippen molar-refractivity contribution in [1.82, 2.24) is 14.7 Å². The predicted molar refractivity (Wildman–Crippen MR) is 160 cm³/mol. The van der Waals surface area contributed by atoms with Crippen LogP contribution in [0.15, 0.2) is 67.0 Å². The molecule has 1 amide bonds. The quantitative estimate of drug-likeness (QED) is 0.264. The molecule has 0 radical (unpaired) electrons. The molecule has 1 aliphatic heterocycles. The number of carbonyl (C=O) groups excluding carboxylic acids is 1. The molecule has 2 heterocycles. The molecular formula is C33H45N3O4. The minimum atomic E-state index is -0.459. The van der Waals surface area contributed by atoms with Gasteiger partial charge in [0.05, 0.1) is 12.2 Å². The third-order valence-electron chi connectivity index (χ3n) is 6.21. The Morgan fingerprint density at radius 1 is 1.02 bits per heavy atom. The zero-order valence-electron chi connectivity index (χ0n) is 24.4. The summed E-state index contributed by atoms with van der Waals surface area (Å²) in [5.41, 5.74) is 3.19. The van der Waals surface area contributed by atoms with E-state index in [1.54, 1.807) is 24.0 Å². The molecule has 0 unspecified atom stereocenters. The van der Waals surface area contributed by atoms with E-state index in [0.29, 0.717) is 25.7 Å². The Bertz CT molecular complexity index is 1150. The highest BCUT2D eigenvalue weighted by Crippen LogP contribution is 2.24. The highest BCUT2D eigenvalue weighted by molar-refractivity contribution is 5.68. The molecule has 2 aromatic carbocycles. The normalized spacial score (nSPS) is 13.2. The van der Waals surface area contributed by atoms with E-state index in [4.69, 9.17) is 9.84 Å². The third kappa shape index (κ3) is 12.4. The maximum atomic E-state index is 12.2. The zero-order chi connectivity index (χ0) is 29.4. The van der Waals surface area contributed by atoms with Crippen molar-refractivity contribution in [1.29, 1.82) is 0 Å². The second-order valence-electron chi connectivity index (χ2n) is 10.8. The van der Waals surface area contributed by atoms with Crippen LogP contribution in [0, 0.1) is 12.3 Å². The van der Waals surface area contributed by atoms with Crippen LogP contribution >= 0.6 is 0 Å². The number of hydrogen-bond acceptors (Lipinski definition) is 5. The number of ether oxygens (including phenoxy) is 1. The zero-order valence-corrected chi connectivity index (χ0v) is 24.4. The Hall–Kier alpha value is -3.76. The summed E-state index contributed by atoms with van der Waals surface area (Å²) in [7, 11) is 0. The van der Waals surface area contributed by atoms with Gasteiger partial charge < -0.3 is 19.8 Å². The van der Waals surface area contributed by atoms with Gasteiger partial charge in [-0.05, 0) is 88.6 Å². The van der Waals surface area contributed by atoms with Crippen LogP contribution in [0.5, 0.6) is 5.75 Å². The first-order chi connectivity index (χ1) is 19.1. The summed E-state index contributed by atoms with van der Waals surface area (Å²) in [5.74, 6) is 2.53. The number of aliphatic hydroxyl groups is 1. The van der Waals surface area contributed by atoms with Gasteiger partial charge in [-0.1, -0.05) is 42.5 Å². The fourth-order valence-electron chi connectivity index (χ4n) is 4.24. The average Bonchev–Trinajstić information content (AvgIpc) is 3.39. The summed E-state index contributed by atoms with van der Waals surface area (Å²) in [4.78, 5) is 13.9. The van der Waals surface area contributed by atoms with Crippen LogP contribution in [0.1, 0.15) is 76.1 Å². The van der Waals surface area contributed by atoms with Crippen molar-refractivity contribution in [3.05, 3.63) is 83.7 Å². The molecule has 0 saturated carbocycles. The molecule has 0 bridgehead atoms. The first kappa shape index (κ1) is 32.5. The number of aryl methyl sites for hydroxylation is 1. The number of likely N-dealkylation sites (tertiary alicyclic amines) is 1. The highest BCUT2D eigenvalue weighted by atomic mass is 16.6. The van der Waals surface area contributed by atoms with Gasteiger partial charge in [0, 0.05) is 32.3 Å². The number of hydrogen-bond donors (Lipinski definition) is 2. The standard InChI is InChI=1S/C20H27N3O3.C10H14O.C3H4/c1-20(2,3)26-19(25)22-10-8-17(9-11-22)23-14-16(13-21-23)12-15-4-6-18(24)7-5-15;11-9-5-4-8-10-6-2-1-3-7-10;1-3-2/h4-7,13-14,17,24H,8-12H2,1-3H3;1-3,6-7,11H,4-5,8-9H2;1H,2H3. The Balaban J connectivity index is 0.000000333. The topological polar surface area (TPSA) is 87.8 Å². The number of aromatic hydroxyl groups is 1. The minimum Gasteiger partial charge on any atom is -0.508 e. The smallest absolute Gasteiger partial charge is 0.410 e. The van der Waals surface area contributed by atoms with E-state index >= 15 is 0 Å². The molecule has 3 aromatic rings. The number of terminal acetylenes is 1. The number of aliphatic hydroxyl groups excluding tert-OH is 1. The van der Waals surface area contributed by atoms with Crippen LogP contribution in [0.3, 0.4) is 0 Å². The summed E-state index contributed by atoms with van der Waals surface area (Å²) >= 11 is 0. The Morgan fingerprint density at radius 3 is 2.23 bits per heavy atom. The molecule has 1 aliphatic rings. The number of amides is 1. The first-order valence-electron chi connectivity index (χ1n) is 14.0. The lowest BCUT2D eigenvalue weighted by Gasteiger charge is -2.33. The van der Waals surface area contributed by atoms with Crippen LogP contribution in [0.2, 0.25) is 0 Å². The van der Waals surface area contributed by atoms with Crippen molar-refractivity contribution in [2.45, 2.75) is 77.9 Å². The second-order valence-corrected chi connectivity index (χ2v) is 10.8. The fraction of sp³-hybridized carbons (Fsp3) is 0.455. The molecule has 0 spiro atoms. The van der Waals surface area contributed by atoms with Crippen molar-refractivity contribution >= 4 is 6.09 Å². The van der Waals surface area contributed by atoms with Crippen molar-refractivity contribution in [2.75, 3.05) is 19.7 Å². The largest absolute Gasteiger partial charge is 0.508 e. The fourth-order valence-corrected chi connectivity index (χ4v) is 4.24. The van der Waals surface area contributed by atoms with Gasteiger partial charge in [0.25, 0.3) is 0 Å². The number of rotatable bonds is 7. The van der Waals surface area contributed by atoms with E-state index in [2.05, 4.69) is 35.8 Å². The van der Waals surface area contributed by atoms with Gasteiger partial charge in [0.1, 0.15) is 11.4 Å². The van der Waals surface area contributed by atoms with Crippen molar-refractivity contribution < 1.29 is 19.7 Å². The molecule has 4 rings (SSSR count). The van der Waals surface area contributed by atoms with Crippen LogP contribution in [-0.4, -0.2) is 56.3 Å². The summed E-state index contributed by atoms with van der Waals surface area (Å²) in [6.45, 7) is 9.00. The number of phenols is 1. The van der Waals surface area contributed by atoms with Crippen LogP contribution in [0.4, 0.5) is 4.79 Å². The van der Waals surface area contributed by atoms with Gasteiger partial charge in [-0.25, -0.2) is 4.79 Å². The molecule has 2 N–H and O–H groups in total. The number of aromatic nitrogens is 2. The summed E-state index contributed by atoms with van der Waals surface area (Å²) in [6, 6.07) is 17.9. The second kappa shape index (κ2) is 17.0. The van der Waals surface area contributed by atoms with Gasteiger partial charge in [-0.15, -0.1) is 12.3 Å². The summed E-state index contributed by atoms with van der Waals surface area (Å²) in [6.07, 6.45) is 14.0. The van der Waals surface area contributed by atoms with Gasteiger partial charge in [-0.2, -0.15) is 5.10 Å². The molecule has 1 aromatic heterocycles. The lowest BCUT2D eigenvalue weighted by molar-refractivity contribution is 0.0184. The molecule has 7 nitrogen and oxygen atoms in total. The van der Waals surface area contributed by atoms with E-state index < -0.39 is 5.60 Å². The van der Waals surface area contributed by atoms with Crippen molar-refractivity contribution in [3.8, 4) is 18.1 Å². The molecule has 0 atom stereocenters. The molecular weight excluding hydrogens is 502 g/mol.